The molecule has 3 aromatic carbocycles. The lowest BCUT2D eigenvalue weighted by Crippen LogP contribution is -2.43. The van der Waals surface area contributed by atoms with Gasteiger partial charge in [-0.25, -0.2) is 8.42 Å². The van der Waals surface area contributed by atoms with Crippen LogP contribution in [0.4, 0.5) is 0 Å². The summed E-state index contributed by atoms with van der Waals surface area (Å²) in [5, 5.41) is 1.53. The van der Waals surface area contributed by atoms with Gasteiger partial charge >= 0.3 is 0 Å². The molecule has 4 nitrogen and oxygen atoms in total. The van der Waals surface area contributed by atoms with Gasteiger partial charge in [0.25, 0.3) is 0 Å². The molecule has 3 aromatic rings. The lowest BCUT2D eigenvalue weighted by atomic mass is 10.0. The van der Waals surface area contributed by atoms with E-state index in [-0.39, 0.29) is 10.7 Å². The first-order valence-electron chi connectivity index (χ1n) is 7.85. The smallest absolute Gasteiger partial charge is 0.245 e. The van der Waals surface area contributed by atoms with E-state index in [1.54, 1.807) is 18.2 Å². The molecule has 0 radical (unpaired) electrons. The topological polar surface area (TPSA) is 54.5 Å². The van der Waals surface area contributed by atoms with Crippen molar-refractivity contribution >= 4 is 49.9 Å². The largest absolute Gasteiger partial charge is 0.291 e. The van der Waals surface area contributed by atoms with Crippen LogP contribution in [-0.2, 0) is 10.0 Å². The van der Waals surface area contributed by atoms with E-state index in [1.807, 2.05) is 30.3 Å². The van der Waals surface area contributed by atoms with E-state index in [9.17, 15) is 13.2 Å². The van der Waals surface area contributed by atoms with Gasteiger partial charge in [-0.15, -0.1) is 0 Å². The van der Waals surface area contributed by atoms with E-state index in [2.05, 4.69) is 0 Å². The van der Waals surface area contributed by atoms with Crippen molar-refractivity contribution in [3.05, 3.63) is 71.2 Å². The first-order chi connectivity index (χ1) is 12.4. The molecule has 0 bridgehead atoms. The Hall–Kier alpha value is -1.86. The second-order valence-electron chi connectivity index (χ2n) is 6.01. The number of thioether (sulfide) groups is 1. The predicted molar refractivity (Wildman–Crippen MR) is 104 cm³/mol. The fraction of sp³-hybridized carbons (Fsp3) is 0.105. The Balaban J connectivity index is 1.78. The molecule has 1 aliphatic heterocycles. The Morgan fingerprint density at radius 1 is 1.04 bits per heavy atom. The highest BCUT2D eigenvalue weighted by Gasteiger charge is 2.40. The van der Waals surface area contributed by atoms with E-state index in [1.165, 1.54) is 30.9 Å². The van der Waals surface area contributed by atoms with Crippen molar-refractivity contribution in [3.63, 3.8) is 0 Å². The third kappa shape index (κ3) is 2.83. The average molecular weight is 404 g/mol. The maximum absolute atomic E-state index is 13.1. The normalized spacial score (nSPS) is 19.2. The number of Topliss-reactive ketones (excluding diaryl/α,β-unsaturated/α-hetero) is 1. The van der Waals surface area contributed by atoms with E-state index >= 15 is 0 Å². The zero-order chi connectivity index (χ0) is 18.5. The van der Waals surface area contributed by atoms with Crippen molar-refractivity contribution in [1.29, 1.82) is 0 Å². The van der Waals surface area contributed by atoms with Gasteiger partial charge in [0.05, 0.1) is 4.90 Å². The van der Waals surface area contributed by atoms with Crippen molar-refractivity contribution in [2.75, 3.05) is 7.05 Å². The molecule has 1 unspecified atom stereocenters. The van der Waals surface area contributed by atoms with Crippen LogP contribution in [-0.4, -0.2) is 30.9 Å². The van der Waals surface area contributed by atoms with Crippen molar-refractivity contribution in [2.45, 2.75) is 15.2 Å². The third-order valence-electron chi connectivity index (χ3n) is 4.39. The Bertz CT molecular complexity index is 1140. The molecule has 4 rings (SSSR count). The molecule has 0 spiro atoms. The summed E-state index contributed by atoms with van der Waals surface area (Å²) in [4.78, 5) is 13.7. The van der Waals surface area contributed by atoms with E-state index in [0.717, 1.165) is 15.1 Å². The van der Waals surface area contributed by atoms with Gasteiger partial charge in [-0.3, -0.25) is 4.79 Å². The molecule has 1 aliphatic rings. The number of sulfonamides is 1. The number of carbonyl (C=O) groups is 1. The zero-order valence-corrected chi connectivity index (χ0v) is 16.1. The van der Waals surface area contributed by atoms with Gasteiger partial charge in [0.1, 0.15) is 5.37 Å². The maximum Gasteiger partial charge on any atom is 0.245 e. The third-order valence-corrected chi connectivity index (χ3v) is 8.11. The predicted octanol–water partition coefficient (Wildman–Crippen LogP) is 4.43. The number of hydrogen-bond acceptors (Lipinski definition) is 4. The minimum absolute atomic E-state index is 0.178. The molecule has 1 heterocycles. The first kappa shape index (κ1) is 17.5. The van der Waals surface area contributed by atoms with Gasteiger partial charge in [-0.2, -0.15) is 4.31 Å². The van der Waals surface area contributed by atoms with Gasteiger partial charge < -0.3 is 0 Å². The number of likely N-dealkylation sites (N-methyl/N-ethyl adjacent to an activating group) is 1. The molecule has 0 N–H and O–H groups in total. The van der Waals surface area contributed by atoms with Crippen LogP contribution in [0.3, 0.4) is 0 Å². The van der Waals surface area contributed by atoms with Gasteiger partial charge in [0.15, 0.2) is 5.78 Å². The van der Waals surface area contributed by atoms with E-state index in [0.29, 0.717) is 15.5 Å². The van der Waals surface area contributed by atoms with Crippen LogP contribution in [0.25, 0.3) is 10.8 Å². The Morgan fingerprint density at radius 3 is 2.54 bits per heavy atom. The molecular formula is C19H14ClNO3S2. The molecule has 132 valence electrons. The van der Waals surface area contributed by atoms with Gasteiger partial charge in [-0.05, 0) is 35.0 Å². The molecule has 0 saturated heterocycles. The minimum Gasteiger partial charge on any atom is -0.291 e. The summed E-state index contributed by atoms with van der Waals surface area (Å²) in [6.45, 7) is 0. The molecule has 0 aromatic heterocycles. The molecule has 0 saturated carbocycles. The molecule has 1 atom stereocenters. The summed E-state index contributed by atoms with van der Waals surface area (Å²) in [6.07, 6.45) is 0. The second kappa shape index (κ2) is 6.39. The summed E-state index contributed by atoms with van der Waals surface area (Å²) in [7, 11) is -2.32. The number of carbonyl (C=O) groups excluding carboxylic acids is 1. The molecule has 26 heavy (non-hydrogen) atoms. The number of nitrogens with zero attached hydrogens (tertiary/aromatic N) is 1. The number of halogens is 1. The number of benzene rings is 3. The second-order valence-corrected chi connectivity index (χ2v) is 9.53. The maximum atomic E-state index is 13.1. The number of ketones is 1. The molecular weight excluding hydrogens is 390 g/mol. The standard InChI is InChI=1S/C19H14ClNO3S2/c1-21-19(25-16-11-15(20)8-9-17(16)26(21,23)24)18(22)14-7-6-12-4-2-3-5-13(12)10-14/h2-11,19H,1H3. The molecule has 0 amide bonds. The lowest BCUT2D eigenvalue weighted by Gasteiger charge is -2.31. The summed E-state index contributed by atoms with van der Waals surface area (Å²) in [5.74, 6) is -0.252. The van der Waals surface area contributed by atoms with Crippen LogP contribution < -0.4 is 0 Å². The van der Waals surface area contributed by atoms with E-state index in [4.69, 9.17) is 11.6 Å². The fourth-order valence-electron chi connectivity index (χ4n) is 2.97. The van der Waals surface area contributed by atoms with Gasteiger partial charge in [0, 0.05) is 22.5 Å². The van der Waals surface area contributed by atoms with Crippen LogP contribution in [0.1, 0.15) is 10.4 Å². The highest BCUT2D eigenvalue weighted by atomic mass is 35.5. The van der Waals surface area contributed by atoms with Crippen molar-refractivity contribution < 1.29 is 13.2 Å². The SMILES string of the molecule is CN1C(C(=O)c2ccc3ccccc3c2)Sc2cc(Cl)ccc2S1(=O)=O. The van der Waals surface area contributed by atoms with Gasteiger partial charge in [0.2, 0.25) is 10.0 Å². The average Bonchev–Trinajstić information content (AvgIpc) is 2.63. The summed E-state index contributed by atoms with van der Waals surface area (Å²) >= 11 is 7.21. The molecule has 7 heteroatoms. The van der Waals surface area contributed by atoms with E-state index < -0.39 is 15.4 Å². The van der Waals surface area contributed by atoms with Crippen molar-refractivity contribution in [3.8, 4) is 0 Å². The summed E-state index contributed by atoms with van der Waals surface area (Å²) in [6, 6.07) is 17.7. The number of hydrogen-bond donors (Lipinski definition) is 0. The molecule has 0 fully saturated rings. The zero-order valence-electron chi connectivity index (χ0n) is 13.7. The van der Waals surface area contributed by atoms with Crippen LogP contribution >= 0.6 is 23.4 Å². The number of fused-ring (bicyclic) bond motifs is 2. The highest BCUT2D eigenvalue weighted by molar-refractivity contribution is 8.03. The number of rotatable bonds is 2. The van der Waals surface area contributed by atoms with Crippen LogP contribution in [0.15, 0.2) is 70.5 Å². The quantitative estimate of drug-likeness (QED) is 0.594. The van der Waals surface area contributed by atoms with Crippen LogP contribution in [0, 0.1) is 0 Å². The van der Waals surface area contributed by atoms with Gasteiger partial charge in [-0.1, -0.05) is 59.8 Å². The van der Waals surface area contributed by atoms with Crippen molar-refractivity contribution in [2.24, 2.45) is 0 Å². The van der Waals surface area contributed by atoms with Crippen molar-refractivity contribution in [1.82, 2.24) is 4.31 Å². The molecule has 0 aliphatic carbocycles. The minimum atomic E-state index is -3.75. The fourth-order valence-corrected chi connectivity index (χ4v) is 6.36. The summed E-state index contributed by atoms with van der Waals surface area (Å²) < 4.78 is 26.7. The lowest BCUT2D eigenvalue weighted by molar-refractivity contribution is 0.0955. The highest BCUT2D eigenvalue weighted by Crippen LogP contribution is 2.41. The van der Waals surface area contributed by atoms with Crippen LogP contribution in [0.5, 0.6) is 0 Å². The monoisotopic (exact) mass is 403 g/mol. The Kier molecular flexibility index (Phi) is 4.31. The Morgan fingerprint density at radius 2 is 1.77 bits per heavy atom. The summed E-state index contributed by atoms with van der Waals surface area (Å²) in [5.41, 5.74) is 0.480. The first-order valence-corrected chi connectivity index (χ1v) is 10.5. The van der Waals surface area contributed by atoms with Crippen LogP contribution in [0.2, 0.25) is 5.02 Å². The Labute approximate surface area is 160 Å².